The van der Waals surface area contributed by atoms with Gasteiger partial charge in [0, 0.05) is 55.6 Å². The van der Waals surface area contributed by atoms with Gasteiger partial charge in [-0.1, -0.05) is 47.5 Å². The van der Waals surface area contributed by atoms with Crippen LogP contribution in [-0.4, -0.2) is 11.2 Å². The van der Waals surface area contributed by atoms with E-state index in [9.17, 15) is 13.2 Å². The van der Waals surface area contributed by atoms with Gasteiger partial charge in [0.05, 0.1) is 11.3 Å². The zero-order chi connectivity index (χ0) is 21.8. The maximum Gasteiger partial charge on any atom is 0.416 e. The molecule has 1 aliphatic rings. The molecule has 31 heavy (non-hydrogen) atoms. The summed E-state index contributed by atoms with van der Waals surface area (Å²) in [5.41, 5.74) is 4.79. The first-order valence-electron chi connectivity index (χ1n) is 9.34. The number of nitrogens with one attached hydrogen (secondary N) is 1. The van der Waals surface area contributed by atoms with Crippen LogP contribution in [0.25, 0.3) is 22.0 Å². The number of H-pyrrole nitrogens is 1. The average Bonchev–Trinajstić information content (AvgIpc) is 3.32. The fourth-order valence-electron chi connectivity index (χ4n) is 3.83. The minimum Gasteiger partial charge on any atom is -0.360 e. The zero-order valence-electron chi connectivity index (χ0n) is 15.8. The van der Waals surface area contributed by atoms with E-state index in [1.165, 1.54) is 12.1 Å². The van der Waals surface area contributed by atoms with Gasteiger partial charge in [0.15, 0.2) is 0 Å². The summed E-state index contributed by atoms with van der Waals surface area (Å²) in [6, 6.07) is 16.1. The standard InChI is InChI=1S/C24H13Cl2F3N2/c25-15-5-7-17-19(11-30-21(17)9-15)23(13-1-3-14(4-2-13)24(27,28)29)20-12-31-22-10-16(26)6-8-18(20)22/h1-12,30H/b23-20+. The van der Waals surface area contributed by atoms with Crippen molar-refractivity contribution in [1.82, 2.24) is 4.98 Å². The van der Waals surface area contributed by atoms with Crippen molar-refractivity contribution in [3.63, 3.8) is 0 Å². The minimum atomic E-state index is -4.40. The second kappa shape index (κ2) is 7.29. The zero-order valence-corrected chi connectivity index (χ0v) is 17.3. The molecule has 0 amide bonds. The van der Waals surface area contributed by atoms with Crippen LogP contribution in [0.2, 0.25) is 10.0 Å². The van der Waals surface area contributed by atoms with Crippen LogP contribution in [0.1, 0.15) is 22.3 Å². The Hall–Kier alpha value is -3.02. The first-order chi connectivity index (χ1) is 14.8. The number of aromatic nitrogens is 1. The molecule has 1 N–H and O–H groups in total. The van der Waals surface area contributed by atoms with Crippen LogP contribution < -0.4 is 0 Å². The van der Waals surface area contributed by atoms with E-state index in [1.54, 1.807) is 24.4 Å². The molecule has 0 fully saturated rings. The summed E-state index contributed by atoms with van der Waals surface area (Å²) in [6.07, 6.45) is -0.840. The third-order valence-electron chi connectivity index (χ3n) is 5.27. The number of fused-ring (bicyclic) bond motifs is 2. The third-order valence-corrected chi connectivity index (χ3v) is 5.74. The van der Waals surface area contributed by atoms with Crippen LogP contribution in [-0.2, 0) is 6.18 Å². The third kappa shape index (κ3) is 3.54. The number of alkyl halides is 3. The maximum absolute atomic E-state index is 13.1. The van der Waals surface area contributed by atoms with E-state index in [2.05, 4.69) is 9.98 Å². The molecule has 0 saturated heterocycles. The largest absolute Gasteiger partial charge is 0.416 e. The molecule has 0 aliphatic carbocycles. The lowest BCUT2D eigenvalue weighted by Crippen LogP contribution is -2.04. The average molecular weight is 457 g/mol. The fourth-order valence-corrected chi connectivity index (χ4v) is 4.17. The molecule has 0 unspecified atom stereocenters. The van der Waals surface area contributed by atoms with Crippen LogP contribution in [0, 0.1) is 0 Å². The maximum atomic E-state index is 13.1. The number of hydrogen-bond donors (Lipinski definition) is 1. The Morgan fingerprint density at radius 2 is 1.58 bits per heavy atom. The quantitative estimate of drug-likeness (QED) is 0.315. The van der Waals surface area contributed by atoms with E-state index < -0.39 is 11.7 Å². The SMILES string of the molecule is FC(F)(F)c1ccc(/C(=C2/C=Nc3cc(Cl)ccc32)c2c[nH]c3cc(Cl)ccc23)cc1. The van der Waals surface area contributed by atoms with Crippen molar-refractivity contribution >= 4 is 57.2 Å². The van der Waals surface area contributed by atoms with E-state index in [0.29, 0.717) is 15.6 Å². The summed E-state index contributed by atoms with van der Waals surface area (Å²) in [6.45, 7) is 0. The molecule has 0 bridgehead atoms. The van der Waals surface area contributed by atoms with Gasteiger partial charge < -0.3 is 4.98 Å². The first-order valence-corrected chi connectivity index (χ1v) is 10.1. The summed E-state index contributed by atoms with van der Waals surface area (Å²) in [5.74, 6) is 0. The number of aromatic amines is 1. The molecule has 1 aromatic heterocycles. The van der Waals surface area contributed by atoms with E-state index in [0.717, 1.165) is 51.0 Å². The number of nitrogens with zero attached hydrogens (tertiary/aromatic N) is 1. The van der Waals surface area contributed by atoms with Crippen molar-refractivity contribution in [2.75, 3.05) is 0 Å². The Balaban J connectivity index is 1.78. The van der Waals surface area contributed by atoms with Crippen molar-refractivity contribution in [1.29, 1.82) is 0 Å². The molecule has 2 heterocycles. The van der Waals surface area contributed by atoms with E-state index in [1.807, 2.05) is 24.4 Å². The van der Waals surface area contributed by atoms with Crippen molar-refractivity contribution in [2.45, 2.75) is 6.18 Å². The summed E-state index contributed by atoms with van der Waals surface area (Å²) < 4.78 is 39.3. The first kappa shape index (κ1) is 19.9. The molecule has 5 rings (SSSR count). The molecule has 0 atom stereocenters. The van der Waals surface area contributed by atoms with Crippen LogP contribution in [0.15, 0.2) is 71.9 Å². The van der Waals surface area contributed by atoms with Gasteiger partial charge in [-0.2, -0.15) is 13.2 Å². The van der Waals surface area contributed by atoms with Crippen molar-refractivity contribution in [3.05, 3.63) is 99.2 Å². The highest BCUT2D eigenvalue weighted by Crippen LogP contribution is 2.42. The molecule has 0 radical (unpaired) electrons. The Morgan fingerprint density at radius 3 is 2.32 bits per heavy atom. The number of hydrogen-bond acceptors (Lipinski definition) is 1. The summed E-state index contributed by atoms with van der Waals surface area (Å²) >= 11 is 12.2. The van der Waals surface area contributed by atoms with Crippen molar-refractivity contribution < 1.29 is 13.2 Å². The summed E-state index contributed by atoms with van der Waals surface area (Å²) in [7, 11) is 0. The monoisotopic (exact) mass is 456 g/mol. The second-order valence-corrected chi connectivity index (χ2v) is 8.05. The molecule has 4 aromatic rings. The van der Waals surface area contributed by atoms with Gasteiger partial charge in [0.25, 0.3) is 0 Å². The van der Waals surface area contributed by atoms with Crippen LogP contribution in [0.3, 0.4) is 0 Å². The number of rotatable bonds is 2. The van der Waals surface area contributed by atoms with Gasteiger partial charge in [0.2, 0.25) is 0 Å². The predicted octanol–water partition coefficient (Wildman–Crippen LogP) is 8.17. The number of halogens is 5. The van der Waals surface area contributed by atoms with Gasteiger partial charge >= 0.3 is 6.18 Å². The van der Waals surface area contributed by atoms with Gasteiger partial charge in [-0.25, -0.2) is 0 Å². The molecule has 1 aliphatic heterocycles. The highest BCUT2D eigenvalue weighted by Gasteiger charge is 2.30. The number of aliphatic imine (C=N–C) groups is 1. The normalized spacial score (nSPS) is 14.9. The highest BCUT2D eigenvalue weighted by molar-refractivity contribution is 6.33. The van der Waals surface area contributed by atoms with Crippen molar-refractivity contribution in [2.24, 2.45) is 4.99 Å². The Kier molecular flexibility index (Phi) is 4.68. The lowest BCUT2D eigenvalue weighted by Gasteiger charge is -2.14. The molecular formula is C24H13Cl2F3N2. The Labute approximate surface area is 185 Å². The molecular weight excluding hydrogens is 444 g/mol. The molecule has 0 saturated carbocycles. The van der Waals surface area contributed by atoms with Crippen LogP contribution in [0.5, 0.6) is 0 Å². The molecule has 0 spiro atoms. The topological polar surface area (TPSA) is 28.1 Å². The van der Waals surface area contributed by atoms with Gasteiger partial charge in [-0.05, 0) is 42.0 Å². The predicted molar refractivity (Wildman–Crippen MR) is 120 cm³/mol. The number of benzene rings is 3. The van der Waals surface area contributed by atoms with Gasteiger partial charge in [-0.15, -0.1) is 0 Å². The van der Waals surface area contributed by atoms with Crippen LogP contribution in [0.4, 0.5) is 18.9 Å². The van der Waals surface area contributed by atoms with Crippen LogP contribution >= 0.6 is 23.2 Å². The van der Waals surface area contributed by atoms with E-state index in [-0.39, 0.29) is 0 Å². The molecule has 2 nitrogen and oxygen atoms in total. The molecule has 7 heteroatoms. The minimum absolute atomic E-state index is 0.565. The van der Waals surface area contributed by atoms with Gasteiger partial charge in [-0.3, -0.25) is 4.99 Å². The fraction of sp³-hybridized carbons (Fsp3) is 0.0417. The lowest BCUT2D eigenvalue weighted by molar-refractivity contribution is -0.137. The molecule has 154 valence electrons. The van der Waals surface area contributed by atoms with E-state index >= 15 is 0 Å². The smallest absolute Gasteiger partial charge is 0.360 e. The number of allylic oxidation sites excluding steroid dienone is 1. The Morgan fingerprint density at radius 1 is 0.871 bits per heavy atom. The Bertz CT molecular complexity index is 1380. The second-order valence-electron chi connectivity index (χ2n) is 7.18. The van der Waals surface area contributed by atoms with Gasteiger partial charge in [0.1, 0.15) is 0 Å². The summed E-state index contributed by atoms with van der Waals surface area (Å²) in [5, 5.41) is 2.06. The van der Waals surface area contributed by atoms with Crippen molar-refractivity contribution in [3.8, 4) is 0 Å². The lowest BCUT2D eigenvalue weighted by atomic mass is 9.89. The molecule has 3 aromatic carbocycles. The summed E-state index contributed by atoms with van der Waals surface area (Å²) in [4.78, 5) is 7.68. The van der Waals surface area contributed by atoms with E-state index in [4.69, 9.17) is 23.2 Å². The highest BCUT2D eigenvalue weighted by atomic mass is 35.5.